The van der Waals surface area contributed by atoms with Gasteiger partial charge in [-0.25, -0.2) is 0 Å². The number of aromatic amines is 1. The van der Waals surface area contributed by atoms with Gasteiger partial charge in [0.2, 0.25) is 0 Å². The van der Waals surface area contributed by atoms with Gasteiger partial charge in [0.05, 0.1) is 25.3 Å². The molecular formula is C20H22N3O+. The zero-order valence-electron chi connectivity index (χ0n) is 14.1. The number of methoxy groups -OCH3 is 1. The first-order chi connectivity index (χ1) is 11.7. The van der Waals surface area contributed by atoms with Crippen molar-refractivity contribution >= 4 is 10.9 Å². The second-order valence-electron chi connectivity index (χ2n) is 5.98. The van der Waals surface area contributed by atoms with Crippen molar-refractivity contribution in [3.8, 4) is 11.8 Å². The van der Waals surface area contributed by atoms with E-state index >= 15 is 0 Å². The Hall–Kier alpha value is -2.77. The Balaban J connectivity index is 1.63. The standard InChI is InChI=1S/C20H21N3O/c1-14-18(19-11-17(24-2)7-8-20(19)23-14)9-10-22-13-16-5-3-15(12-21)4-6-16/h3-8,11,22-23H,9-10,13H2,1-2H3/p+1. The van der Waals surface area contributed by atoms with Crippen LogP contribution in [-0.2, 0) is 13.0 Å². The van der Waals surface area contributed by atoms with Gasteiger partial charge in [-0.15, -0.1) is 0 Å². The van der Waals surface area contributed by atoms with E-state index in [9.17, 15) is 0 Å². The summed E-state index contributed by atoms with van der Waals surface area (Å²) in [6.45, 7) is 4.07. The first-order valence-corrected chi connectivity index (χ1v) is 8.17. The Bertz CT molecular complexity index is 872. The second-order valence-corrected chi connectivity index (χ2v) is 5.98. The van der Waals surface area contributed by atoms with E-state index < -0.39 is 0 Å². The Labute approximate surface area is 142 Å². The van der Waals surface area contributed by atoms with E-state index in [1.165, 1.54) is 22.2 Å². The maximum Gasteiger partial charge on any atom is 0.119 e. The molecule has 0 spiro atoms. The average molecular weight is 320 g/mol. The lowest BCUT2D eigenvalue weighted by Crippen LogP contribution is -2.83. The van der Waals surface area contributed by atoms with Crippen LogP contribution < -0.4 is 10.1 Å². The van der Waals surface area contributed by atoms with Crippen molar-refractivity contribution in [3.05, 3.63) is 64.8 Å². The van der Waals surface area contributed by atoms with E-state index in [1.807, 2.05) is 30.3 Å². The third-order valence-corrected chi connectivity index (χ3v) is 4.39. The molecule has 0 fully saturated rings. The van der Waals surface area contributed by atoms with Crippen LogP contribution in [0.1, 0.15) is 22.4 Å². The molecular weight excluding hydrogens is 298 g/mol. The number of H-pyrrole nitrogens is 1. The van der Waals surface area contributed by atoms with Crippen molar-refractivity contribution in [2.24, 2.45) is 0 Å². The van der Waals surface area contributed by atoms with Crippen molar-refractivity contribution in [3.63, 3.8) is 0 Å². The van der Waals surface area contributed by atoms with Crippen molar-refractivity contribution in [1.29, 1.82) is 5.26 Å². The van der Waals surface area contributed by atoms with Crippen LogP contribution >= 0.6 is 0 Å². The number of fused-ring (bicyclic) bond motifs is 1. The molecule has 3 aromatic rings. The van der Waals surface area contributed by atoms with E-state index in [2.05, 4.69) is 35.4 Å². The molecule has 2 aromatic carbocycles. The van der Waals surface area contributed by atoms with E-state index in [0.29, 0.717) is 5.56 Å². The van der Waals surface area contributed by atoms with Gasteiger partial charge in [-0.2, -0.15) is 5.26 Å². The van der Waals surface area contributed by atoms with Crippen LogP contribution in [0.3, 0.4) is 0 Å². The lowest BCUT2D eigenvalue weighted by molar-refractivity contribution is -0.670. The highest BCUT2D eigenvalue weighted by Crippen LogP contribution is 2.26. The molecule has 0 aliphatic heterocycles. The van der Waals surface area contributed by atoms with Crippen LogP contribution in [0, 0.1) is 18.3 Å². The van der Waals surface area contributed by atoms with Crippen LogP contribution in [0.25, 0.3) is 10.9 Å². The molecule has 0 radical (unpaired) electrons. The number of nitrogens with zero attached hydrogens (tertiary/aromatic N) is 1. The molecule has 0 amide bonds. The number of aromatic nitrogens is 1. The normalized spacial score (nSPS) is 10.7. The Morgan fingerprint density at radius 2 is 1.96 bits per heavy atom. The predicted octanol–water partition coefficient (Wildman–Crippen LogP) is 2.66. The van der Waals surface area contributed by atoms with Gasteiger partial charge in [0.1, 0.15) is 12.3 Å². The first kappa shape index (κ1) is 16.1. The number of nitrogens with one attached hydrogen (secondary N) is 1. The third-order valence-electron chi connectivity index (χ3n) is 4.39. The van der Waals surface area contributed by atoms with Gasteiger partial charge < -0.3 is 15.0 Å². The van der Waals surface area contributed by atoms with Gasteiger partial charge >= 0.3 is 0 Å². The van der Waals surface area contributed by atoms with Crippen molar-refractivity contribution in [2.45, 2.75) is 19.9 Å². The third kappa shape index (κ3) is 3.42. The fraction of sp³-hybridized carbons (Fsp3) is 0.250. The van der Waals surface area contributed by atoms with E-state index in [1.54, 1.807) is 7.11 Å². The molecule has 122 valence electrons. The largest absolute Gasteiger partial charge is 0.497 e. The Morgan fingerprint density at radius 1 is 1.17 bits per heavy atom. The molecule has 3 rings (SSSR count). The fourth-order valence-electron chi connectivity index (χ4n) is 3.04. The summed E-state index contributed by atoms with van der Waals surface area (Å²) in [4.78, 5) is 3.45. The second kappa shape index (κ2) is 7.20. The quantitative estimate of drug-likeness (QED) is 0.686. The SMILES string of the molecule is COc1ccc2[nH]c(C)c(CC[NH2+]Cc3ccc(C#N)cc3)c2c1. The molecule has 0 aliphatic rings. The molecule has 24 heavy (non-hydrogen) atoms. The maximum atomic E-state index is 8.83. The monoisotopic (exact) mass is 320 g/mol. The van der Waals surface area contributed by atoms with Gasteiger partial charge in [0, 0.05) is 28.6 Å². The van der Waals surface area contributed by atoms with Crippen LogP contribution in [0.2, 0.25) is 0 Å². The summed E-state index contributed by atoms with van der Waals surface area (Å²) in [7, 11) is 1.70. The van der Waals surface area contributed by atoms with Gasteiger partial charge in [0.15, 0.2) is 0 Å². The molecule has 0 saturated heterocycles. The number of hydrogen-bond donors (Lipinski definition) is 2. The molecule has 0 bridgehead atoms. The van der Waals surface area contributed by atoms with Crippen LogP contribution in [0.5, 0.6) is 5.75 Å². The smallest absolute Gasteiger partial charge is 0.119 e. The van der Waals surface area contributed by atoms with Gasteiger partial charge in [-0.1, -0.05) is 12.1 Å². The first-order valence-electron chi connectivity index (χ1n) is 8.17. The number of ether oxygens (including phenoxy) is 1. The number of nitriles is 1. The summed E-state index contributed by atoms with van der Waals surface area (Å²) in [6.07, 6.45) is 1.01. The van der Waals surface area contributed by atoms with E-state index in [4.69, 9.17) is 10.00 Å². The molecule has 0 unspecified atom stereocenters. The average Bonchev–Trinajstić information content (AvgIpc) is 2.93. The van der Waals surface area contributed by atoms with Crippen molar-refractivity contribution in [2.75, 3.05) is 13.7 Å². The molecule has 0 atom stereocenters. The van der Waals surface area contributed by atoms with Gasteiger partial charge in [-0.3, -0.25) is 0 Å². The number of aryl methyl sites for hydroxylation is 1. The van der Waals surface area contributed by atoms with Crippen LogP contribution in [0.4, 0.5) is 0 Å². The highest BCUT2D eigenvalue weighted by atomic mass is 16.5. The molecule has 3 N–H and O–H groups in total. The number of quaternary nitrogens is 1. The van der Waals surface area contributed by atoms with Crippen LogP contribution in [-0.4, -0.2) is 18.6 Å². The summed E-state index contributed by atoms with van der Waals surface area (Å²) in [6, 6.07) is 16.1. The minimum atomic E-state index is 0.710. The van der Waals surface area contributed by atoms with Crippen LogP contribution in [0.15, 0.2) is 42.5 Å². The summed E-state index contributed by atoms with van der Waals surface area (Å²) in [5.41, 5.74) is 5.70. The topological polar surface area (TPSA) is 65.4 Å². The minimum absolute atomic E-state index is 0.710. The van der Waals surface area contributed by atoms with Gasteiger partial charge in [-0.05, 0) is 42.8 Å². The molecule has 0 aliphatic carbocycles. The highest BCUT2D eigenvalue weighted by molar-refractivity contribution is 5.86. The zero-order valence-corrected chi connectivity index (χ0v) is 14.1. The van der Waals surface area contributed by atoms with E-state index in [0.717, 1.165) is 30.8 Å². The molecule has 1 aromatic heterocycles. The molecule has 4 heteroatoms. The molecule has 4 nitrogen and oxygen atoms in total. The lowest BCUT2D eigenvalue weighted by Gasteiger charge is -2.04. The molecule has 0 saturated carbocycles. The summed E-state index contributed by atoms with van der Waals surface area (Å²) >= 11 is 0. The fourth-order valence-corrected chi connectivity index (χ4v) is 3.04. The van der Waals surface area contributed by atoms with Crippen molar-refractivity contribution in [1.82, 2.24) is 4.98 Å². The Kier molecular flexibility index (Phi) is 4.83. The summed E-state index contributed by atoms with van der Waals surface area (Å²) < 4.78 is 5.34. The molecule has 1 heterocycles. The predicted molar refractivity (Wildman–Crippen MR) is 94.9 cm³/mol. The summed E-state index contributed by atoms with van der Waals surface area (Å²) in [5, 5.41) is 12.4. The number of nitrogens with two attached hydrogens (primary N) is 1. The number of hydrogen-bond acceptors (Lipinski definition) is 2. The number of benzene rings is 2. The highest BCUT2D eigenvalue weighted by Gasteiger charge is 2.10. The lowest BCUT2D eigenvalue weighted by atomic mass is 10.1. The Morgan fingerprint density at radius 3 is 2.67 bits per heavy atom. The van der Waals surface area contributed by atoms with Gasteiger partial charge in [0.25, 0.3) is 0 Å². The van der Waals surface area contributed by atoms with E-state index in [-0.39, 0.29) is 0 Å². The van der Waals surface area contributed by atoms with Crippen molar-refractivity contribution < 1.29 is 10.1 Å². The summed E-state index contributed by atoms with van der Waals surface area (Å²) in [5.74, 6) is 0.893. The maximum absolute atomic E-state index is 8.83. The minimum Gasteiger partial charge on any atom is -0.497 e. The zero-order chi connectivity index (χ0) is 16.9. The number of rotatable bonds is 6.